The third kappa shape index (κ3) is 17.5. The molecule has 8 rings (SSSR count). The summed E-state index contributed by atoms with van der Waals surface area (Å²) in [5, 5.41) is 39.2. The van der Waals surface area contributed by atoms with Gasteiger partial charge in [0.1, 0.15) is 0 Å². The monoisotopic (exact) mass is 1870 g/mol. The molecule has 0 aromatic carbocycles. The lowest BCUT2D eigenvalue weighted by Gasteiger charge is -2.61. The normalized spacial score (nSPS) is 35.6. The molecule has 0 aromatic rings. The SMILES string of the molecule is C=CC(=O)OC1(C(F)(F)F)CC(C)(C(F)(F)F)OC(O)(C(F)(F)F)C1(F)F.C=CC(=O)OC1(C(F)(F)F)CC(C2CCCCC2)(C(F)(F)F)OC(O)(C(F)(F)F)C1(F)F.C=CC(=O)OC1(C2CCCCC2)CC(C)(C(F)(F)F)OC(O)(C(F)(F)F)C1(F)F.C=CC(=O)OC1(C2CCCCC2)CC(C2CCCCC2)(C(F)(F)F)OC(O)(C(F)(F)F)C1(F)F. The van der Waals surface area contributed by atoms with Gasteiger partial charge in [0.05, 0.1) is 0 Å². The maximum atomic E-state index is 15.9. The number of alkyl halides is 38. The molecule has 4 aliphatic carbocycles. The van der Waals surface area contributed by atoms with Crippen molar-refractivity contribution >= 4 is 23.9 Å². The van der Waals surface area contributed by atoms with Crippen LogP contribution in [0.15, 0.2) is 50.6 Å². The molecule has 4 saturated carbocycles. The first-order chi connectivity index (χ1) is 54.4. The Morgan fingerprint density at radius 2 is 0.492 bits per heavy atom. The fraction of sp³-hybridized carbons (Fsp3) is 0.824. The largest absolute Gasteiger partial charge is 0.449 e. The summed E-state index contributed by atoms with van der Waals surface area (Å²) in [4.78, 5) is 46.5. The number of ether oxygens (including phenoxy) is 8. The van der Waals surface area contributed by atoms with E-state index in [-0.39, 0.29) is 115 Å². The van der Waals surface area contributed by atoms with E-state index in [9.17, 15) is 189 Å². The number of aliphatic hydroxyl groups is 4. The topological polar surface area (TPSA) is 223 Å². The molecule has 0 spiro atoms. The van der Waals surface area contributed by atoms with Gasteiger partial charge in [0.25, 0.3) is 11.2 Å². The van der Waals surface area contributed by atoms with Crippen molar-refractivity contribution in [2.24, 2.45) is 23.7 Å². The Hall–Kier alpha value is -6.14. The lowest BCUT2D eigenvalue weighted by atomic mass is 9.60. The van der Waals surface area contributed by atoms with Crippen LogP contribution in [0.25, 0.3) is 0 Å². The number of carbonyl (C=O) groups is 4. The van der Waals surface area contributed by atoms with Gasteiger partial charge in [0, 0.05) is 61.8 Å². The Bertz CT molecular complexity index is 3730. The number of carbonyl (C=O) groups excluding carboxylic acids is 4. The van der Waals surface area contributed by atoms with Crippen molar-refractivity contribution in [3.63, 3.8) is 0 Å². The van der Waals surface area contributed by atoms with Crippen LogP contribution in [0.5, 0.6) is 0 Å². The van der Waals surface area contributed by atoms with Gasteiger partial charge < -0.3 is 58.3 Å². The molecule has 4 heterocycles. The van der Waals surface area contributed by atoms with E-state index < -0.39 is 246 Å². The highest BCUT2D eigenvalue weighted by Gasteiger charge is 2.96. The molecule has 4 aliphatic heterocycles. The van der Waals surface area contributed by atoms with Crippen LogP contribution in [0.2, 0.25) is 0 Å². The molecule has 12 atom stereocenters. The summed E-state index contributed by atoms with van der Waals surface area (Å²) < 4.78 is 562. The van der Waals surface area contributed by atoms with Gasteiger partial charge in [-0.1, -0.05) is 103 Å². The van der Waals surface area contributed by atoms with Crippen LogP contribution in [-0.4, -0.2) is 198 Å². The van der Waals surface area contributed by atoms with E-state index in [1.165, 1.54) is 0 Å². The molecule has 0 bridgehead atoms. The smallest absolute Gasteiger partial charge is 0.449 e. The molecule has 708 valence electrons. The average Bonchev–Trinajstić information content (AvgIpc) is 0.694. The first-order valence-electron chi connectivity index (χ1n) is 35.7. The van der Waals surface area contributed by atoms with Crippen molar-refractivity contribution in [1.29, 1.82) is 0 Å². The molecule has 12 unspecified atom stereocenters. The maximum Gasteiger partial charge on any atom is 0.449 e. The molecular formula is C68H74F38O16. The fourth-order valence-electron chi connectivity index (χ4n) is 16.6. The van der Waals surface area contributed by atoms with E-state index in [2.05, 4.69) is 59.5 Å². The molecule has 8 fully saturated rings. The number of hydrogen-bond acceptors (Lipinski definition) is 16. The standard InChI is InChI=1S/C22H28F8O4.C17H17F11O4.C17H20F8O4.C12H9F11O4/c1-2-16(31)33-17(14-9-5-3-6-10-14)13-18(21(25,26)27,15-11-7-4-8-12-15)34-20(32,19(17,23)24)22(28,29)30;1-2-10(29)31-12(16(23,24)25)8-11(15(20,21)22,9-6-4-3-5-7-9)32-14(30,13(12,18)19)17(26,27)28;1-3-11(26)28-13(10-7-5-4-6-8-10)9-12(2,16(20,21)22)29-15(27,14(13,18)19)17(23,24)25;1-3-5(24)26-7(11(18,19)20)4-6(2,10(15,16)17)27-9(25,8(7,13)14)12(21,22)23/h2,14-15,32H,1,3-13H2;2,9,30H,1,3-8H2;3,10,27H,1,4-9H2,2H3;3,25H,1,4H2,2H3. The minimum absolute atomic E-state index is 0.0852. The summed E-state index contributed by atoms with van der Waals surface area (Å²) in [6, 6.07) is 0. The first kappa shape index (κ1) is 106. The second-order valence-electron chi connectivity index (χ2n) is 30.5. The van der Waals surface area contributed by atoms with E-state index >= 15 is 17.6 Å². The van der Waals surface area contributed by atoms with Crippen LogP contribution >= 0.6 is 0 Å². The van der Waals surface area contributed by atoms with Gasteiger partial charge in [-0.3, -0.25) is 0 Å². The van der Waals surface area contributed by atoms with Crippen LogP contribution in [0, 0.1) is 23.7 Å². The quantitative estimate of drug-likeness (QED) is 0.0617. The highest BCUT2D eigenvalue weighted by Crippen LogP contribution is 2.72. The zero-order valence-electron chi connectivity index (χ0n) is 62.5. The van der Waals surface area contributed by atoms with Crippen LogP contribution in [0.1, 0.15) is 168 Å². The molecular weight excluding hydrogens is 1790 g/mol. The number of halogens is 38. The molecule has 0 amide bonds. The Labute approximate surface area is 662 Å². The van der Waals surface area contributed by atoms with E-state index in [0.717, 1.165) is 0 Å². The fourth-order valence-corrected chi connectivity index (χ4v) is 16.6. The molecule has 0 aromatic heterocycles. The van der Waals surface area contributed by atoms with Crippen molar-refractivity contribution in [3.8, 4) is 0 Å². The van der Waals surface area contributed by atoms with Gasteiger partial charge >= 0.3 is 132 Å². The molecule has 0 radical (unpaired) electrons. The molecule has 54 heteroatoms. The minimum atomic E-state index is -6.86. The Kier molecular flexibility index (Phi) is 29.5. The number of rotatable bonds is 12. The minimum Gasteiger partial charge on any atom is -0.449 e. The van der Waals surface area contributed by atoms with Crippen molar-refractivity contribution < 1.29 is 244 Å². The van der Waals surface area contributed by atoms with Crippen molar-refractivity contribution in [2.75, 3.05) is 0 Å². The van der Waals surface area contributed by atoms with Crippen LogP contribution < -0.4 is 0 Å². The Morgan fingerprint density at radius 3 is 0.738 bits per heavy atom. The van der Waals surface area contributed by atoms with E-state index in [1.807, 2.05) is 0 Å². The van der Waals surface area contributed by atoms with Crippen LogP contribution in [-0.2, 0) is 57.1 Å². The summed E-state index contributed by atoms with van der Waals surface area (Å²) >= 11 is 0. The lowest BCUT2D eigenvalue weighted by Crippen LogP contribution is -2.83. The van der Waals surface area contributed by atoms with Gasteiger partial charge in [-0.15, -0.1) is 0 Å². The summed E-state index contributed by atoms with van der Waals surface area (Å²) in [5.74, 6) is -62.8. The zero-order valence-corrected chi connectivity index (χ0v) is 62.5. The van der Waals surface area contributed by atoms with Crippen molar-refractivity contribution in [2.45, 2.75) is 321 Å². The molecule has 122 heavy (non-hydrogen) atoms. The van der Waals surface area contributed by atoms with Gasteiger partial charge in [-0.25, -0.2) is 19.2 Å². The van der Waals surface area contributed by atoms with Crippen molar-refractivity contribution in [1.82, 2.24) is 0 Å². The highest BCUT2D eigenvalue weighted by molar-refractivity contribution is 5.83. The zero-order chi connectivity index (χ0) is 95.1. The third-order valence-electron chi connectivity index (χ3n) is 22.9. The molecule has 4 N–H and O–H groups in total. The van der Waals surface area contributed by atoms with Crippen molar-refractivity contribution in [3.05, 3.63) is 50.6 Å². The summed E-state index contributed by atoms with van der Waals surface area (Å²) in [6.07, 6.45) is -71.9. The summed E-state index contributed by atoms with van der Waals surface area (Å²) in [5.41, 5.74) is -35.6. The maximum absolute atomic E-state index is 15.9. The summed E-state index contributed by atoms with van der Waals surface area (Å²) in [6.45, 7) is 10.8. The second-order valence-corrected chi connectivity index (χ2v) is 30.5. The lowest BCUT2D eigenvalue weighted by molar-refractivity contribution is -0.541. The van der Waals surface area contributed by atoms with E-state index in [4.69, 9.17) is 4.74 Å². The van der Waals surface area contributed by atoms with Gasteiger partial charge in [0.15, 0.2) is 33.6 Å². The third-order valence-corrected chi connectivity index (χ3v) is 22.9. The van der Waals surface area contributed by atoms with E-state index in [1.54, 1.807) is 0 Å². The second kappa shape index (κ2) is 33.8. The van der Waals surface area contributed by atoms with Gasteiger partial charge in [0.2, 0.25) is 0 Å². The van der Waals surface area contributed by atoms with Crippen LogP contribution in [0.4, 0.5) is 167 Å². The van der Waals surface area contributed by atoms with Gasteiger partial charge in [-0.2, -0.15) is 167 Å². The summed E-state index contributed by atoms with van der Waals surface area (Å²) in [7, 11) is 0. The number of hydrogen-bond donors (Lipinski definition) is 4. The predicted octanol–water partition coefficient (Wildman–Crippen LogP) is 19.7. The van der Waals surface area contributed by atoms with Crippen LogP contribution in [0.3, 0.4) is 0 Å². The number of esters is 4. The predicted molar refractivity (Wildman–Crippen MR) is 328 cm³/mol. The molecule has 8 aliphatic rings. The Balaban J connectivity index is 0.000000290. The van der Waals surface area contributed by atoms with E-state index in [0.29, 0.717) is 31.4 Å². The Morgan fingerprint density at radius 1 is 0.279 bits per heavy atom. The highest BCUT2D eigenvalue weighted by atomic mass is 19.5. The van der Waals surface area contributed by atoms with Gasteiger partial charge in [-0.05, 0) is 77.0 Å². The molecule has 16 nitrogen and oxygen atoms in total. The average molecular weight is 1870 g/mol. The molecule has 4 saturated heterocycles. The first-order valence-corrected chi connectivity index (χ1v) is 35.7.